The molecule has 1 unspecified atom stereocenters. The van der Waals surface area contributed by atoms with Gasteiger partial charge in [0.05, 0.1) is 18.8 Å². The minimum atomic E-state index is -0.684. The minimum Gasteiger partial charge on any atom is -0.372 e. The van der Waals surface area contributed by atoms with Crippen LogP contribution in [0.15, 0.2) is 0 Å². The maximum Gasteiger partial charge on any atom is 0.151 e. The molecule has 0 aliphatic carbocycles. The van der Waals surface area contributed by atoms with Crippen molar-refractivity contribution in [3.63, 3.8) is 0 Å². The largest absolute Gasteiger partial charge is 0.372 e. The predicted octanol–water partition coefficient (Wildman–Crippen LogP) is 1.28. The van der Waals surface area contributed by atoms with Gasteiger partial charge in [-0.1, -0.05) is 15.9 Å². The van der Waals surface area contributed by atoms with Crippen LogP contribution in [0, 0.1) is 0 Å². The van der Waals surface area contributed by atoms with Gasteiger partial charge < -0.3 is 14.6 Å². The molecule has 3 nitrogen and oxygen atoms in total. The average Bonchev–Trinajstić information content (AvgIpc) is 2.48. The van der Waals surface area contributed by atoms with Gasteiger partial charge in [0, 0.05) is 5.33 Å². The molecule has 4 heteroatoms. The van der Waals surface area contributed by atoms with E-state index in [-0.39, 0.29) is 6.10 Å². The van der Waals surface area contributed by atoms with E-state index in [0.717, 1.165) is 18.2 Å². The first-order valence-corrected chi connectivity index (χ1v) is 5.35. The lowest BCUT2D eigenvalue weighted by Crippen LogP contribution is -2.20. The van der Waals surface area contributed by atoms with Gasteiger partial charge in [0.15, 0.2) is 6.29 Å². The molecule has 1 N–H and O–H groups in total. The van der Waals surface area contributed by atoms with Crippen LogP contribution in [0.5, 0.6) is 0 Å². The van der Waals surface area contributed by atoms with E-state index in [1.54, 1.807) is 6.92 Å². The van der Waals surface area contributed by atoms with Gasteiger partial charge >= 0.3 is 0 Å². The Morgan fingerprint density at radius 2 is 2.25 bits per heavy atom. The summed E-state index contributed by atoms with van der Waals surface area (Å²) in [5.74, 6) is 0. The van der Waals surface area contributed by atoms with Gasteiger partial charge in [-0.2, -0.15) is 0 Å². The molecule has 0 radical (unpaired) electrons. The Labute approximate surface area is 81.2 Å². The normalized spacial score (nSPS) is 32.2. The molecule has 1 aliphatic heterocycles. The molecule has 0 bridgehead atoms. The molecule has 3 atom stereocenters. The molecule has 1 aliphatic rings. The van der Waals surface area contributed by atoms with Gasteiger partial charge in [0.1, 0.15) is 0 Å². The summed E-state index contributed by atoms with van der Waals surface area (Å²) in [6, 6.07) is 0. The molecule has 1 saturated heterocycles. The summed E-state index contributed by atoms with van der Waals surface area (Å²) in [6.45, 7) is 2.11. The summed E-state index contributed by atoms with van der Waals surface area (Å²) in [4.78, 5) is 0. The average molecular weight is 239 g/mol. The van der Waals surface area contributed by atoms with Crippen LogP contribution in [-0.2, 0) is 9.47 Å². The van der Waals surface area contributed by atoms with Crippen LogP contribution >= 0.6 is 15.9 Å². The molecular formula is C8H15BrO3. The van der Waals surface area contributed by atoms with Gasteiger partial charge in [-0.15, -0.1) is 0 Å². The van der Waals surface area contributed by atoms with Crippen LogP contribution in [0.4, 0.5) is 0 Å². The standard InChI is InChI=1S/C8H15BrO3/c1-6(10)11-5-8-3-2-7(4-9)12-8/h6-8,10H,2-5H2,1H3/t6?,7-,8+/m1/s1. The fraction of sp³-hybridized carbons (Fsp3) is 1.00. The first-order valence-electron chi connectivity index (χ1n) is 4.23. The summed E-state index contributed by atoms with van der Waals surface area (Å²) >= 11 is 3.37. The molecule has 12 heavy (non-hydrogen) atoms. The van der Waals surface area contributed by atoms with Gasteiger partial charge in [-0.05, 0) is 19.8 Å². The van der Waals surface area contributed by atoms with Crippen molar-refractivity contribution in [3.05, 3.63) is 0 Å². The van der Waals surface area contributed by atoms with E-state index < -0.39 is 6.29 Å². The summed E-state index contributed by atoms with van der Waals surface area (Å²) in [6.07, 6.45) is 1.92. The molecule has 1 rings (SSSR count). The van der Waals surface area contributed by atoms with Crippen LogP contribution in [0.1, 0.15) is 19.8 Å². The van der Waals surface area contributed by atoms with Crippen LogP contribution in [0.2, 0.25) is 0 Å². The summed E-state index contributed by atoms with van der Waals surface area (Å²) < 4.78 is 10.6. The van der Waals surface area contributed by atoms with E-state index in [4.69, 9.17) is 14.6 Å². The first-order chi connectivity index (χ1) is 5.72. The number of alkyl halides is 1. The number of aliphatic hydroxyl groups excluding tert-OH is 1. The maximum absolute atomic E-state index is 8.85. The molecule has 1 fully saturated rings. The Bertz CT molecular complexity index is 129. The van der Waals surface area contributed by atoms with Gasteiger partial charge in [-0.25, -0.2) is 0 Å². The van der Waals surface area contributed by atoms with Crippen molar-refractivity contribution in [1.82, 2.24) is 0 Å². The quantitative estimate of drug-likeness (QED) is 0.593. The third-order valence-corrected chi connectivity index (χ3v) is 2.61. The molecule has 0 aromatic rings. The first kappa shape index (κ1) is 10.4. The van der Waals surface area contributed by atoms with E-state index in [1.807, 2.05) is 0 Å². The Balaban J connectivity index is 2.11. The van der Waals surface area contributed by atoms with Crippen molar-refractivity contribution in [2.45, 2.75) is 38.3 Å². The second kappa shape index (κ2) is 5.17. The SMILES string of the molecule is CC(O)OC[C@@H]1CC[C@H](CBr)O1. The van der Waals surface area contributed by atoms with Gasteiger partial charge in [0.25, 0.3) is 0 Å². The highest BCUT2D eigenvalue weighted by atomic mass is 79.9. The Kier molecular flexibility index (Phi) is 4.50. The van der Waals surface area contributed by atoms with Crippen LogP contribution in [-0.4, -0.2) is 35.5 Å². The maximum atomic E-state index is 8.85. The second-order valence-electron chi connectivity index (χ2n) is 3.04. The third-order valence-electron chi connectivity index (χ3n) is 1.89. The molecule has 72 valence electrons. The topological polar surface area (TPSA) is 38.7 Å². The second-order valence-corrected chi connectivity index (χ2v) is 3.69. The van der Waals surface area contributed by atoms with Gasteiger partial charge in [-0.3, -0.25) is 0 Å². The lowest BCUT2D eigenvalue weighted by atomic mass is 10.2. The molecule has 1 heterocycles. The van der Waals surface area contributed by atoms with E-state index in [1.165, 1.54) is 0 Å². The highest BCUT2D eigenvalue weighted by Crippen LogP contribution is 2.21. The molecule has 0 spiro atoms. The fourth-order valence-electron chi connectivity index (χ4n) is 1.26. The Morgan fingerprint density at radius 3 is 2.75 bits per heavy atom. The number of halogens is 1. The summed E-state index contributed by atoms with van der Waals surface area (Å²) in [5, 5.41) is 9.74. The molecule has 0 saturated carbocycles. The van der Waals surface area contributed by atoms with Crippen molar-refractivity contribution in [2.75, 3.05) is 11.9 Å². The lowest BCUT2D eigenvalue weighted by Gasteiger charge is -2.13. The third kappa shape index (κ3) is 3.39. The van der Waals surface area contributed by atoms with Crippen LogP contribution in [0.25, 0.3) is 0 Å². The highest BCUT2D eigenvalue weighted by Gasteiger charge is 2.24. The van der Waals surface area contributed by atoms with Crippen molar-refractivity contribution in [2.24, 2.45) is 0 Å². The number of rotatable bonds is 4. The zero-order chi connectivity index (χ0) is 8.97. The van der Waals surface area contributed by atoms with E-state index in [0.29, 0.717) is 12.7 Å². The highest BCUT2D eigenvalue weighted by molar-refractivity contribution is 9.09. The number of hydrogen-bond acceptors (Lipinski definition) is 3. The predicted molar refractivity (Wildman–Crippen MR) is 49.3 cm³/mol. The van der Waals surface area contributed by atoms with E-state index in [9.17, 15) is 0 Å². The van der Waals surface area contributed by atoms with E-state index >= 15 is 0 Å². The number of aliphatic hydroxyl groups is 1. The monoisotopic (exact) mass is 238 g/mol. The fourth-order valence-corrected chi connectivity index (χ4v) is 1.74. The molecule has 0 aromatic heterocycles. The van der Waals surface area contributed by atoms with Crippen molar-refractivity contribution < 1.29 is 14.6 Å². The summed E-state index contributed by atoms with van der Waals surface area (Å²) in [7, 11) is 0. The van der Waals surface area contributed by atoms with Gasteiger partial charge in [0.2, 0.25) is 0 Å². The lowest BCUT2D eigenvalue weighted by molar-refractivity contribution is -0.116. The van der Waals surface area contributed by atoms with E-state index in [2.05, 4.69) is 15.9 Å². The van der Waals surface area contributed by atoms with Crippen molar-refractivity contribution in [3.8, 4) is 0 Å². The smallest absolute Gasteiger partial charge is 0.151 e. The zero-order valence-electron chi connectivity index (χ0n) is 7.20. The molecular weight excluding hydrogens is 224 g/mol. The number of hydrogen-bond donors (Lipinski definition) is 1. The number of ether oxygens (including phenoxy) is 2. The van der Waals surface area contributed by atoms with Crippen molar-refractivity contribution in [1.29, 1.82) is 0 Å². The summed E-state index contributed by atoms with van der Waals surface area (Å²) in [5.41, 5.74) is 0. The zero-order valence-corrected chi connectivity index (χ0v) is 8.79. The molecule has 0 amide bonds. The van der Waals surface area contributed by atoms with Crippen LogP contribution < -0.4 is 0 Å². The Hall–Kier alpha value is 0.360. The Morgan fingerprint density at radius 1 is 1.58 bits per heavy atom. The molecule has 0 aromatic carbocycles. The minimum absolute atomic E-state index is 0.169. The van der Waals surface area contributed by atoms with Crippen molar-refractivity contribution >= 4 is 15.9 Å². The van der Waals surface area contributed by atoms with Crippen LogP contribution in [0.3, 0.4) is 0 Å².